The molecule has 1 aliphatic rings. The molecule has 0 saturated carbocycles. The van der Waals surface area contributed by atoms with Gasteiger partial charge in [-0.15, -0.1) is 0 Å². The van der Waals surface area contributed by atoms with Gasteiger partial charge in [0.1, 0.15) is 18.8 Å². The monoisotopic (exact) mass is 474 g/mol. The number of nitrogens with zero attached hydrogens (tertiary/aromatic N) is 3. The van der Waals surface area contributed by atoms with E-state index >= 15 is 0 Å². The van der Waals surface area contributed by atoms with Gasteiger partial charge in [0, 0.05) is 25.7 Å². The molecule has 0 radical (unpaired) electrons. The summed E-state index contributed by atoms with van der Waals surface area (Å²) >= 11 is 16.7. The Morgan fingerprint density at radius 1 is 1.07 bits per heavy atom. The molecule has 1 aliphatic heterocycles. The first kappa shape index (κ1) is 25.1. The second kappa shape index (κ2) is 10.7. The van der Waals surface area contributed by atoms with E-state index in [9.17, 15) is 14.4 Å². The van der Waals surface area contributed by atoms with Gasteiger partial charge in [-0.3, -0.25) is 19.8 Å². The molecule has 15 heteroatoms. The van der Waals surface area contributed by atoms with Crippen molar-refractivity contribution in [1.82, 2.24) is 0 Å². The third-order valence-electron chi connectivity index (χ3n) is 3.35. The van der Waals surface area contributed by atoms with Crippen LogP contribution in [-0.2, 0) is 38.1 Å². The van der Waals surface area contributed by atoms with Crippen LogP contribution in [0.5, 0.6) is 0 Å². The lowest BCUT2D eigenvalue weighted by molar-refractivity contribution is -0.256. The average Bonchev–Trinajstić information content (AvgIpc) is 2.56. The number of carbonyl (C=O) groups excluding carboxylic acids is 3. The fourth-order valence-corrected chi connectivity index (χ4v) is 2.48. The first-order chi connectivity index (χ1) is 13.4. The highest BCUT2D eigenvalue weighted by Crippen LogP contribution is 2.33. The maximum atomic E-state index is 11.6. The number of rotatable bonds is 6. The Labute approximate surface area is 179 Å². The van der Waals surface area contributed by atoms with E-state index in [1.807, 2.05) is 0 Å². The van der Waals surface area contributed by atoms with Crippen molar-refractivity contribution in [2.24, 2.45) is 5.11 Å². The summed E-state index contributed by atoms with van der Waals surface area (Å²) in [5, 5.41) is 11.1. The molecule has 3 unspecified atom stereocenters. The number of alkyl halides is 3. The van der Waals surface area contributed by atoms with E-state index in [1.165, 1.54) is 0 Å². The Bertz CT molecular complexity index is 709. The molecule has 1 N–H and O–H groups in total. The molecule has 1 fully saturated rings. The molecule has 0 bridgehead atoms. The maximum absolute atomic E-state index is 11.6. The van der Waals surface area contributed by atoms with Crippen molar-refractivity contribution in [3.05, 3.63) is 10.4 Å². The molecule has 1 saturated heterocycles. The van der Waals surface area contributed by atoms with Crippen LogP contribution in [0.25, 0.3) is 10.4 Å². The van der Waals surface area contributed by atoms with Crippen molar-refractivity contribution in [3.8, 4) is 0 Å². The summed E-state index contributed by atoms with van der Waals surface area (Å²) in [5.41, 5.74) is 8.89. The van der Waals surface area contributed by atoms with Gasteiger partial charge in [0.15, 0.2) is 12.2 Å². The van der Waals surface area contributed by atoms with Crippen molar-refractivity contribution >= 4 is 58.6 Å². The van der Waals surface area contributed by atoms with Crippen LogP contribution in [0.2, 0.25) is 0 Å². The Morgan fingerprint density at radius 2 is 1.62 bits per heavy atom. The molecule has 0 aliphatic carbocycles. The Hall–Kier alpha value is -1.98. The van der Waals surface area contributed by atoms with Crippen LogP contribution in [0, 0.1) is 5.41 Å². The predicted molar refractivity (Wildman–Crippen MR) is 98.4 cm³/mol. The molecule has 29 heavy (non-hydrogen) atoms. The molecule has 0 aromatic rings. The standard InChI is InChI=1S/C14H17Cl3N4O8/c1-5(22)25-4-8-10(26-6(2)23)11(27-7(3)24)9(20-21-19)12(28-8)29-13(18)14(15,16)17/h8-12,18H,4H2,1-3H3/t8?,9?,10-,11?,12+/m0/s1. The summed E-state index contributed by atoms with van der Waals surface area (Å²) in [6, 6.07) is -1.45. The minimum absolute atomic E-state index is 0.449. The highest BCUT2D eigenvalue weighted by molar-refractivity contribution is 6.76. The van der Waals surface area contributed by atoms with Crippen molar-refractivity contribution in [2.45, 2.75) is 55.2 Å². The number of hydrogen-bond acceptors (Lipinski definition) is 10. The third-order valence-corrected chi connectivity index (χ3v) is 3.86. The van der Waals surface area contributed by atoms with Gasteiger partial charge in [-0.25, -0.2) is 0 Å². The van der Waals surface area contributed by atoms with Crippen molar-refractivity contribution in [2.75, 3.05) is 6.61 Å². The van der Waals surface area contributed by atoms with Gasteiger partial charge in [-0.1, -0.05) is 39.9 Å². The van der Waals surface area contributed by atoms with E-state index in [4.69, 9.17) is 69.4 Å². The van der Waals surface area contributed by atoms with Gasteiger partial charge in [-0.2, -0.15) is 0 Å². The number of azide groups is 1. The first-order valence-corrected chi connectivity index (χ1v) is 9.00. The zero-order valence-electron chi connectivity index (χ0n) is 15.3. The smallest absolute Gasteiger partial charge is 0.303 e. The van der Waals surface area contributed by atoms with Gasteiger partial charge in [0.2, 0.25) is 12.2 Å². The Balaban J connectivity index is 3.35. The van der Waals surface area contributed by atoms with Crippen molar-refractivity contribution in [1.29, 1.82) is 5.41 Å². The lowest BCUT2D eigenvalue weighted by Crippen LogP contribution is -2.61. The molecule has 0 aromatic carbocycles. The second-order valence-corrected chi connectivity index (χ2v) is 7.92. The Kier molecular flexibility index (Phi) is 9.24. The largest absolute Gasteiger partial charge is 0.463 e. The van der Waals surface area contributed by atoms with E-state index in [0.717, 1.165) is 20.8 Å². The van der Waals surface area contributed by atoms with Gasteiger partial charge >= 0.3 is 17.9 Å². The van der Waals surface area contributed by atoms with Gasteiger partial charge < -0.3 is 23.7 Å². The number of carbonyl (C=O) groups is 3. The zero-order chi connectivity index (χ0) is 22.4. The van der Waals surface area contributed by atoms with Crippen LogP contribution in [0.3, 0.4) is 0 Å². The molecule has 1 rings (SSSR count). The van der Waals surface area contributed by atoms with E-state index in [1.54, 1.807) is 0 Å². The summed E-state index contributed by atoms with van der Waals surface area (Å²) < 4.78 is 23.6. The minimum Gasteiger partial charge on any atom is -0.463 e. The summed E-state index contributed by atoms with van der Waals surface area (Å²) in [4.78, 5) is 36.9. The maximum Gasteiger partial charge on any atom is 0.303 e. The first-order valence-electron chi connectivity index (χ1n) is 7.86. The predicted octanol–water partition coefficient (Wildman–Crippen LogP) is 2.18. The highest BCUT2D eigenvalue weighted by Gasteiger charge is 2.52. The molecule has 0 aromatic heterocycles. The van der Waals surface area contributed by atoms with E-state index in [-0.39, 0.29) is 0 Å². The quantitative estimate of drug-likeness (QED) is 0.0890. The number of esters is 3. The van der Waals surface area contributed by atoms with E-state index in [0.29, 0.717) is 0 Å². The average molecular weight is 476 g/mol. The lowest BCUT2D eigenvalue weighted by Gasteiger charge is -2.43. The highest BCUT2D eigenvalue weighted by atomic mass is 35.6. The molecule has 12 nitrogen and oxygen atoms in total. The molecule has 0 amide bonds. The van der Waals surface area contributed by atoms with Crippen LogP contribution in [-0.4, -0.2) is 64.8 Å². The van der Waals surface area contributed by atoms with Crippen LogP contribution in [0.15, 0.2) is 5.11 Å². The van der Waals surface area contributed by atoms with Crippen molar-refractivity contribution < 1.29 is 38.1 Å². The fraction of sp³-hybridized carbons (Fsp3) is 0.714. The molecule has 1 heterocycles. The van der Waals surface area contributed by atoms with Gasteiger partial charge in [0.05, 0.1) is 0 Å². The number of hydrogen-bond donors (Lipinski definition) is 1. The summed E-state index contributed by atoms with van der Waals surface area (Å²) in [6.45, 7) is 2.82. The molecule has 162 valence electrons. The lowest BCUT2D eigenvalue weighted by atomic mass is 9.97. The molecular formula is C14H17Cl3N4O8. The van der Waals surface area contributed by atoms with Crippen LogP contribution < -0.4 is 0 Å². The molecule has 0 spiro atoms. The number of halogens is 3. The Morgan fingerprint density at radius 3 is 2.07 bits per heavy atom. The normalized spacial score (nSPS) is 26.5. The van der Waals surface area contributed by atoms with Crippen LogP contribution in [0.1, 0.15) is 20.8 Å². The topological polar surface area (TPSA) is 170 Å². The molecule has 5 atom stereocenters. The number of ether oxygens (including phenoxy) is 5. The van der Waals surface area contributed by atoms with Crippen LogP contribution >= 0.6 is 34.8 Å². The van der Waals surface area contributed by atoms with Crippen molar-refractivity contribution in [3.63, 3.8) is 0 Å². The second-order valence-electron chi connectivity index (χ2n) is 5.63. The summed E-state index contributed by atoms with van der Waals surface area (Å²) in [5.74, 6) is -3.16. The molecular weight excluding hydrogens is 459 g/mol. The van der Waals surface area contributed by atoms with Gasteiger partial charge in [-0.05, 0) is 5.53 Å². The SMILES string of the molecule is CC(=O)OCC1O[C@H](OC(=N)C(Cl)(Cl)Cl)C(N=[N+]=[N-])C(OC(C)=O)[C@H]1OC(C)=O. The van der Waals surface area contributed by atoms with E-state index < -0.39 is 64.8 Å². The van der Waals surface area contributed by atoms with Crippen LogP contribution in [0.4, 0.5) is 0 Å². The van der Waals surface area contributed by atoms with Gasteiger partial charge in [0.25, 0.3) is 3.79 Å². The summed E-state index contributed by atoms with van der Waals surface area (Å²) in [7, 11) is 0. The fourth-order valence-electron chi connectivity index (χ4n) is 2.35. The number of nitrogens with one attached hydrogen (secondary N) is 1. The zero-order valence-corrected chi connectivity index (χ0v) is 17.6. The van der Waals surface area contributed by atoms with E-state index in [2.05, 4.69) is 10.0 Å². The minimum atomic E-state index is -2.28. The summed E-state index contributed by atoms with van der Waals surface area (Å²) in [6.07, 6.45) is -5.60. The third kappa shape index (κ3) is 7.75.